The Morgan fingerprint density at radius 2 is 1.77 bits per heavy atom. The van der Waals surface area contributed by atoms with Gasteiger partial charge in [0.25, 0.3) is 5.24 Å². The number of Topliss-reactive ketones (excluding diaryl/α,β-unsaturated/α-hetero) is 1. The molecule has 7 heteroatoms. The topological polar surface area (TPSA) is 80.8 Å². The average molecular weight is 426 g/mol. The monoisotopic (exact) mass is 425 g/mol. The number of carbonyl (C=O) groups is 4. The summed E-state index contributed by atoms with van der Waals surface area (Å²) in [6.07, 6.45) is -0.944. The van der Waals surface area contributed by atoms with Gasteiger partial charge in [-0.1, -0.05) is 30.0 Å². The molecule has 0 aromatic heterocycles. The third-order valence-corrected chi connectivity index (χ3v) is 5.96. The fraction of sp³-hybridized carbons (Fsp3) is 0.304. The Kier molecular flexibility index (Phi) is 6.41. The number of thioether (sulfide) groups is 1. The fourth-order valence-corrected chi connectivity index (χ4v) is 3.97. The number of imide groups is 1. The summed E-state index contributed by atoms with van der Waals surface area (Å²) >= 11 is 0.964. The maximum Gasteiger partial charge on any atom is 0.338 e. The number of aryl methyl sites for hydroxylation is 3. The van der Waals surface area contributed by atoms with Gasteiger partial charge < -0.3 is 4.74 Å². The van der Waals surface area contributed by atoms with Gasteiger partial charge in [0.2, 0.25) is 11.7 Å². The second-order valence-electron chi connectivity index (χ2n) is 7.40. The SMILES string of the molecule is Cc1cc(C)c(C(=O)[C@@H](C)OC(=O)c2cccc(CN3C(=O)CSC3=O)c2)cc1C. The minimum atomic E-state index is -0.944. The van der Waals surface area contributed by atoms with E-state index >= 15 is 0 Å². The van der Waals surface area contributed by atoms with Gasteiger partial charge in [-0.3, -0.25) is 19.3 Å². The third-order valence-electron chi connectivity index (χ3n) is 5.10. The highest BCUT2D eigenvalue weighted by molar-refractivity contribution is 8.14. The van der Waals surface area contributed by atoms with Crippen molar-refractivity contribution in [3.8, 4) is 0 Å². The van der Waals surface area contributed by atoms with Crippen LogP contribution in [0.15, 0.2) is 36.4 Å². The number of hydrogen-bond acceptors (Lipinski definition) is 6. The molecule has 1 aliphatic heterocycles. The quantitative estimate of drug-likeness (QED) is 0.509. The van der Waals surface area contributed by atoms with Gasteiger partial charge in [-0.25, -0.2) is 4.79 Å². The van der Waals surface area contributed by atoms with Crippen molar-refractivity contribution in [3.63, 3.8) is 0 Å². The molecule has 1 heterocycles. The van der Waals surface area contributed by atoms with Crippen LogP contribution in [0.1, 0.15) is 49.9 Å². The summed E-state index contributed by atoms with van der Waals surface area (Å²) in [6.45, 7) is 7.42. The first-order valence-electron chi connectivity index (χ1n) is 9.56. The number of carbonyl (C=O) groups excluding carboxylic acids is 4. The number of nitrogens with zero attached hydrogens (tertiary/aromatic N) is 1. The number of rotatable bonds is 6. The van der Waals surface area contributed by atoms with Crippen LogP contribution in [0.3, 0.4) is 0 Å². The van der Waals surface area contributed by atoms with Gasteiger partial charge in [0, 0.05) is 5.56 Å². The molecule has 0 unspecified atom stereocenters. The van der Waals surface area contributed by atoms with Gasteiger partial charge >= 0.3 is 5.97 Å². The number of ketones is 1. The summed E-state index contributed by atoms with van der Waals surface area (Å²) in [7, 11) is 0. The highest BCUT2D eigenvalue weighted by Crippen LogP contribution is 2.22. The van der Waals surface area contributed by atoms with Crippen LogP contribution in [0.2, 0.25) is 0 Å². The lowest BCUT2D eigenvalue weighted by Crippen LogP contribution is -2.28. The van der Waals surface area contributed by atoms with Crippen LogP contribution < -0.4 is 0 Å². The molecule has 2 amide bonds. The van der Waals surface area contributed by atoms with Crippen molar-refractivity contribution in [2.45, 2.75) is 40.3 Å². The van der Waals surface area contributed by atoms with Crippen LogP contribution in [0.4, 0.5) is 4.79 Å². The molecule has 0 aliphatic carbocycles. The first-order chi connectivity index (χ1) is 14.2. The standard InChI is InChI=1S/C23H23NO5S/c1-13-8-15(3)19(9-14(13)2)21(26)16(4)29-22(27)18-7-5-6-17(10-18)11-24-20(25)12-30-23(24)28/h5-10,16H,11-12H2,1-4H3/t16-/m1/s1. The van der Waals surface area contributed by atoms with Gasteiger partial charge in [-0.15, -0.1) is 0 Å². The normalized spacial score (nSPS) is 14.7. The van der Waals surface area contributed by atoms with E-state index in [0.29, 0.717) is 11.1 Å². The summed E-state index contributed by atoms with van der Waals surface area (Å²) in [5.41, 5.74) is 4.37. The number of esters is 1. The molecule has 1 saturated heterocycles. The largest absolute Gasteiger partial charge is 0.451 e. The molecule has 3 rings (SSSR count). The van der Waals surface area contributed by atoms with Crippen LogP contribution in [-0.4, -0.2) is 39.7 Å². The van der Waals surface area contributed by atoms with Gasteiger partial charge in [0.05, 0.1) is 17.9 Å². The molecule has 0 radical (unpaired) electrons. The van der Waals surface area contributed by atoms with E-state index in [1.54, 1.807) is 31.2 Å². The van der Waals surface area contributed by atoms with E-state index < -0.39 is 12.1 Å². The Labute approximate surface area is 179 Å². The van der Waals surface area contributed by atoms with Crippen LogP contribution >= 0.6 is 11.8 Å². The van der Waals surface area contributed by atoms with Crippen LogP contribution in [0, 0.1) is 20.8 Å². The lowest BCUT2D eigenvalue weighted by Gasteiger charge is -2.16. The van der Waals surface area contributed by atoms with Crippen molar-refractivity contribution < 1.29 is 23.9 Å². The van der Waals surface area contributed by atoms with Crippen molar-refractivity contribution in [1.82, 2.24) is 4.90 Å². The maximum absolute atomic E-state index is 12.8. The lowest BCUT2D eigenvalue weighted by atomic mass is 9.96. The van der Waals surface area contributed by atoms with E-state index in [0.717, 1.165) is 33.4 Å². The summed E-state index contributed by atoms with van der Waals surface area (Å²) < 4.78 is 5.40. The second kappa shape index (κ2) is 8.83. The Bertz CT molecular complexity index is 1030. The smallest absolute Gasteiger partial charge is 0.338 e. The van der Waals surface area contributed by atoms with Gasteiger partial charge in [0.15, 0.2) is 6.10 Å². The van der Waals surface area contributed by atoms with Crippen LogP contribution in [0.5, 0.6) is 0 Å². The molecule has 1 aliphatic rings. The van der Waals surface area contributed by atoms with Gasteiger partial charge in [0.1, 0.15) is 0 Å². The second-order valence-corrected chi connectivity index (χ2v) is 8.32. The molecule has 0 saturated carbocycles. The fourth-order valence-electron chi connectivity index (χ4n) is 3.24. The Morgan fingerprint density at radius 1 is 1.07 bits per heavy atom. The number of hydrogen-bond donors (Lipinski definition) is 0. The molecule has 1 atom stereocenters. The zero-order valence-corrected chi connectivity index (χ0v) is 18.2. The highest BCUT2D eigenvalue weighted by Gasteiger charge is 2.30. The highest BCUT2D eigenvalue weighted by atomic mass is 32.2. The van der Waals surface area contributed by atoms with Crippen molar-refractivity contribution in [2.24, 2.45) is 0 Å². The van der Waals surface area contributed by atoms with Crippen molar-refractivity contribution in [2.75, 3.05) is 5.75 Å². The summed E-state index contributed by atoms with van der Waals surface area (Å²) in [5, 5.41) is -0.295. The maximum atomic E-state index is 12.8. The Morgan fingerprint density at radius 3 is 2.43 bits per heavy atom. The van der Waals surface area contributed by atoms with E-state index in [1.165, 1.54) is 0 Å². The summed E-state index contributed by atoms with van der Waals surface area (Å²) in [5.74, 6) is -1.00. The van der Waals surface area contributed by atoms with E-state index in [1.807, 2.05) is 32.9 Å². The summed E-state index contributed by atoms with van der Waals surface area (Å²) in [6, 6.07) is 10.3. The Hall–Kier alpha value is -2.93. The molecule has 0 N–H and O–H groups in total. The van der Waals surface area contributed by atoms with Crippen molar-refractivity contribution in [3.05, 3.63) is 69.8 Å². The predicted octanol–water partition coefficient (Wildman–Crippen LogP) is 4.24. The minimum absolute atomic E-state index is 0.0993. The zero-order chi connectivity index (χ0) is 22.0. The predicted molar refractivity (Wildman–Crippen MR) is 115 cm³/mol. The molecule has 6 nitrogen and oxygen atoms in total. The summed E-state index contributed by atoms with van der Waals surface area (Å²) in [4.78, 5) is 50.1. The van der Waals surface area contributed by atoms with Gasteiger partial charge in [-0.05, 0) is 68.1 Å². The third kappa shape index (κ3) is 4.62. The molecule has 1 fully saturated rings. The molecule has 2 aromatic carbocycles. The average Bonchev–Trinajstić information content (AvgIpc) is 3.02. The molecule has 0 bridgehead atoms. The van der Waals surface area contributed by atoms with Crippen molar-refractivity contribution in [1.29, 1.82) is 0 Å². The lowest BCUT2D eigenvalue weighted by molar-refractivity contribution is -0.125. The van der Waals surface area contributed by atoms with E-state index in [2.05, 4.69) is 0 Å². The Balaban J connectivity index is 1.71. The minimum Gasteiger partial charge on any atom is -0.451 e. The molecular formula is C23H23NO5S. The van der Waals surface area contributed by atoms with Crippen LogP contribution in [0.25, 0.3) is 0 Å². The molecule has 2 aromatic rings. The number of benzene rings is 2. The van der Waals surface area contributed by atoms with Crippen molar-refractivity contribution >= 4 is 34.7 Å². The molecular weight excluding hydrogens is 402 g/mol. The first kappa shape index (κ1) is 21.8. The molecule has 30 heavy (non-hydrogen) atoms. The number of ether oxygens (including phenoxy) is 1. The number of amides is 2. The van der Waals surface area contributed by atoms with E-state index in [9.17, 15) is 19.2 Å². The molecule has 0 spiro atoms. The van der Waals surface area contributed by atoms with Gasteiger partial charge in [-0.2, -0.15) is 0 Å². The molecule has 156 valence electrons. The zero-order valence-electron chi connectivity index (χ0n) is 17.4. The first-order valence-corrected chi connectivity index (χ1v) is 10.5. The van der Waals surface area contributed by atoms with E-state index in [-0.39, 0.29) is 34.8 Å². The van der Waals surface area contributed by atoms with E-state index in [4.69, 9.17) is 4.74 Å². The van der Waals surface area contributed by atoms with Crippen LogP contribution in [-0.2, 0) is 16.1 Å².